The Labute approximate surface area is 156 Å². The first kappa shape index (κ1) is 17.8. The Kier molecular flexibility index (Phi) is 5.75. The van der Waals surface area contributed by atoms with Gasteiger partial charge in [0.15, 0.2) is 0 Å². The molecule has 5 nitrogen and oxygen atoms in total. The number of hydrogen-bond acceptors (Lipinski definition) is 4. The Morgan fingerprint density at radius 1 is 1.12 bits per heavy atom. The van der Waals surface area contributed by atoms with Crippen LogP contribution in [0.3, 0.4) is 0 Å². The highest BCUT2D eigenvalue weighted by atomic mass is 16.5. The van der Waals surface area contributed by atoms with Crippen LogP contribution in [0.15, 0.2) is 24.3 Å². The highest BCUT2D eigenvalue weighted by Gasteiger charge is 2.30. The molecule has 1 aromatic carbocycles. The molecule has 1 N–H and O–H groups in total. The highest BCUT2D eigenvalue weighted by Crippen LogP contribution is 2.27. The number of para-hydroxylation sites is 1. The topological polar surface area (TPSA) is 50.8 Å². The molecule has 3 aliphatic heterocycles. The van der Waals surface area contributed by atoms with Crippen LogP contribution in [0.4, 0.5) is 0 Å². The zero-order valence-electron chi connectivity index (χ0n) is 15.5. The molecule has 2 fully saturated rings. The van der Waals surface area contributed by atoms with Crippen molar-refractivity contribution in [2.45, 2.75) is 38.1 Å². The Morgan fingerprint density at radius 3 is 2.69 bits per heavy atom. The Balaban J connectivity index is 1.20. The zero-order chi connectivity index (χ0) is 17.8. The SMILES string of the molecule is O=C(NCC1COc2ccccc2C1)C1CCN(C2CCOCC2)CC1. The average molecular weight is 358 g/mol. The lowest BCUT2D eigenvalue weighted by atomic mass is 9.92. The van der Waals surface area contributed by atoms with Gasteiger partial charge in [-0.2, -0.15) is 0 Å². The van der Waals surface area contributed by atoms with Gasteiger partial charge in [-0.05, 0) is 56.8 Å². The third-order valence-corrected chi connectivity index (χ3v) is 6.13. The molecule has 0 spiro atoms. The maximum absolute atomic E-state index is 12.6. The van der Waals surface area contributed by atoms with E-state index in [2.05, 4.69) is 22.3 Å². The fraction of sp³-hybridized carbons (Fsp3) is 0.667. The number of carbonyl (C=O) groups excluding carboxylic acids is 1. The maximum Gasteiger partial charge on any atom is 0.223 e. The van der Waals surface area contributed by atoms with E-state index < -0.39 is 0 Å². The number of amides is 1. The van der Waals surface area contributed by atoms with Crippen molar-refractivity contribution >= 4 is 5.91 Å². The van der Waals surface area contributed by atoms with Gasteiger partial charge in [-0.1, -0.05) is 18.2 Å². The number of benzene rings is 1. The van der Waals surface area contributed by atoms with Gasteiger partial charge in [0.05, 0.1) is 6.61 Å². The minimum absolute atomic E-state index is 0.169. The molecular formula is C21H30N2O3. The van der Waals surface area contributed by atoms with Crippen LogP contribution in [0.2, 0.25) is 0 Å². The molecule has 1 atom stereocenters. The molecule has 5 heteroatoms. The summed E-state index contributed by atoms with van der Waals surface area (Å²) in [6.07, 6.45) is 5.22. The van der Waals surface area contributed by atoms with Crippen molar-refractivity contribution < 1.29 is 14.3 Å². The molecule has 0 aromatic heterocycles. The van der Waals surface area contributed by atoms with Crippen LogP contribution in [0, 0.1) is 11.8 Å². The summed E-state index contributed by atoms with van der Waals surface area (Å²) in [5.74, 6) is 1.77. The highest BCUT2D eigenvalue weighted by molar-refractivity contribution is 5.78. The molecule has 0 radical (unpaired) electrons. The largest absolute Gasteiger partial charge is 0.493 e. The molecule has 142 valence electrons. The van der Waals surface area contributed by atoms with E-state index in [1.165, 1.54) is 5.56 Å². The lowest BCUT2D eigenvalue weighted by Gasteiger charge is -2.38. The van der Waals surface area contributed by atoms with Gasteiger partial charge in [0.25, 0.3) is 0 Å². The quantitative estimate of drug-likeness (QED) is 0.897. The van der Waals surface area contributed by atoms with Crippen LogP contribution < -0.4 is 10.1 Å². The predicted octanol–water partition coefficient (Wildman–Crippen LogP) is 2.24. The van der Waals surface area contributed by atoms with Crippen LogP contribution >= 0.6 is 0 Å². The van der Waals surface area contributed by atoms with Gasteiger partial charge < -0.3 is 19.7 Å². The first-order valence-corrected chi connectivity index (χ1v) is 10.1. The Hall–Kier alpha value is -1.59. The number of likely N-dealkylation sites (tertiary alicyclic amines) is 1. The van der Waals surface area contributed by atoms with Gasteiger partial charge in [0, 0.05) is 37.6 Å². The van der Waals surface area contributed by atoms with Crippen molar-refractivity contribution in [1.29, 1.82) is 0 Å². The smallest absolute Gasteiger partial charge is 0.223 e. The summed E-state index contributed by atoms with van der Waals surface area (Å²) in [7, 11) is 0. The first-order chi connectivity index (χ1) is 12.8. The molecule has 1 aromatic rings. The summed E-state index contributed by atoms with van der Waals surface area (Å²) in [6.45, 7) is 5.27. The van der Waals surface area contributed by atoms with E-state index in [1.807, 2.05) is 12.1 Å². The van der Waals surface area contributed by atoms with Gasteiger partial charge in [0.2, 0.25) is 5.91 Å². The fourth-order valence-electron chi connectivity index (χ4n) is 4.49. The number of hydrogen-bond donors (Lipinski definition) is 1. The second-order valence-corrected chi connectivity index (χ2v) is 7.89. The second kappa shape index (κ2) is 8.40. The van der Waals surface area contributed by atoms with E-state index in [0.717, 1.165) is 64.2 Å². The monoisotopic (exact) mass is 358 g/mol. The fourth-order valence-corrected chi connectivity index (χ4v) is 4.49. The molecule has 2 saturated heterocycles. The van der Waals surface area contributed by atoms with Crippen molar-refractivity contribution in [2.75, 3.05) is 39.5 Å². The summed E-state index contributed by atoms with van der Waals surface area (Å²) < 4.78 is 11.3. The number of piperidine rings is 1. The number of carbonyl (C=O) groups is 1. The van der Waals surface area contributed by atoms with E-state index in [-0.39, 0.29) is 11.8 Å². The van der Waals surface area contributed by atoms with Crippen molar-refractivity contribution in [3.63, 3.8) is 0 Å². The maximum atomic E-state index is 12.6. The third kappa shape index (κ3) is 4.21. The van der Waals surface area contributed by atoms with Crippen molar-refractivity contribution in [2.24, 2.45) is 11.8 Å². The van der Waals surface area contributed by atoms with Gasteiger partial charge >= 0.3 is 0 Å². The minimum atomic E-state index is 0.169. The predicted molar refractivity (Wildman–Crippen MR) is 100 cm³/mol. The minimum Gasteiger partial charge on any atom is -0.493 e. The van der Waals surface area contributed by atoms with Crippen molar-refractivity contribution in [3.05, 3.63) is 29.8 Å². The van der Waals surface area contributed by atoms with Gasteiger partial charge in [0.1, 0.15) is 5.75 Å². The van der Waals surface area contributed by atoms with Crippen molar-refractivity contribution in [1.82, 2.24) is 10.2 Å². The molecule has 1 amide bonds. The van der Waals surface area contributed by atoms with E-state index in [0.29, 0.717) is 25.1 Å². The molecular weight excluding hydrogens is 328 g/mol. The van der Waals surface area contributed by atoms with Crippen LogP contribution in [0.5, 0.6) is 5.75 Å². The molecule has 0 saturated carbocycles. The number of fused-ring (bicyclic) bond motifs is 1. The van der Waals surface area contributed by atoms with E-state index >= 15 is 0 Å². The normalized spacial score (nSPS) is 25.3. The molecule has 4 rings (SSSR count). The molecule has 3 aliphatic rings. The summed E-state index contributed by atoms with van der Waals surface area (Å²) in [5.41, 5.74) is 1.25. The van der Waals surface area contributed by atoms with Crippen LogP contribution in [-0.4, -0.2) is 56.3 Å². The first-order valence-electron chi connectivity index (χ1n) is 10.1. The summed E-state index contributed by atoms with van der Waals surface area (Å²) in [4.78, 5) is 15.1. The molecule has 1 unspecified atom stereocenters. The molecule has 3 heterocycles. The number of rotatable bonds is 4. The number of nitrogens with zero attached hydrogens (tertiary/aromatic N) is 1. The zero-order valence-corrected chi connectivity index (χ0v) is 15.5. The lowest BCUT2D eigenvalue weighted by Crippen LogP contribution is -2.47. The van der Waals surface area contributed by atoms with E-state index in [9.17, 15) is 4.79 Å². The Bertz CT molecular complexity index is 607. The average Bonchev–Trinajstić information content (AvgIpc) is 2.72. The molecule has 26 heavy (non-hydrogen) atoms. The van der Waals surface area contributed by atoms with Crippen LogP contribution in [-0.2, 0) is 16.0 Å². The third-order valence-electron chi connectivity index (χ3n) is 6.13. The van der Waals surface area contributed by atoms with Crippen LogP contribution in [0.1, 0.15) is 31.2 Å². The summed E-state index contributed by atoms with van der Waals surface area (Å²) in [5, 5.41) is 3.19. The van der Waals surface area contributed by atoms with Crippen molar-refractivity contribution in [3.8, 4) is 5.75 Å². The summed E-state index contributed by atoms with van der Waals surface area (Å²) >= 11 is 0. The lowest BCUT2D eigenvalue weighted by molar-refractivity contribution is -0.127. The summed E-state index contributed by atoms with van der Waals surface area (Å²) in [6, 6.07) is 8.86. The van der Waals surface area contributed by atoms with E-state index in [1.54, 1.807) is 0 Å². The second-order valence-electron chi connectivity index (χ2n) is 7.89. The van der Waals surface area contributed by atoms with Crippen LogP contribution in [0.25, 0.3) is 0 Å². The standard InChI is InChI=1S/C21H30N2O3/c24-21(17-5-9-23(10-6-17)19-7-11-25-12-8-19)22-14-16-13-18-3-1-2-4-20(18)26-15-16/h1-4,16-17,19H,5-15H2,(H,22,24). The van der Waals surface area contributed by atoms with Gasteiger partial charge in [-0.3, -0.25) is 4.79 Å². The van der Waals surface area contributed by atoms with Gasteiger partial charge in [-0.25, -0.2) is 0 Å². The van der Waals surface area contributed by atoms with Gasteiger partial charge in [-0.15, -0.1) is 0 Å². The number of nitrogens with one attached hydrogen (secondary N) is 1. The number of ether oxygens (including phenoxy) is 2. The molecule has 0 aliphatic carbocycles. The Morgan fingerprint density at radius 2 is 1.88 bits per heavy atom. The molecule has 0 bridgehead atoms. The van der Waals surface area contributed by atoms with E-state index in [4.69, 9.17) is 9.47 Å².